The number of aromatic nitrogens is 2. The van der Waals surface area contributed by atoms with Gasteiger partial charge in [0.1, 0.15) is 0 Å². The minimum atomic E-state index is 0.0714. The number of nitrogens with zero attached hydrogens (tertiary/aromatic N) is 2. The Kier molecular flexibility index (Phi) is 3.42. The Bertz CT molecular complexity index is 530. The van der Waals surface area contributed by atoms with Gasteiger partial charge >= 0.3 is 0 Å². The molecule has 0 saturated carbocycles. The Hall–Kier alpha value is -1.84. The summed E-state index contributed by atoms with van der Waals surface area (Å²) in [6, 6.07) is 5.78. The number of unbranched alkanes of at least 4 members (excludes halogenated alkanes) is 1. The van der Waals surface area contributed by atoms with E-state index in [1.165, 1.54) is 0 Å². The summed E-state index contributed by atoms with van der Waals surface area (Å²) in [6.07, 6.45) is 4.31. The van der Waals surface area contributed by atoms with E-state index in [0.717, 1.165) is 29.6 Å². The number of carbonyl (C=O) groups is 1. The van der Waals surface area contributed by atoms with Gasteiger partial charge in [0.25, 0.3) is 0 Å². The normalized spacial score (nSPS) is 10.7. The van der Waals surface area contributed by atoms with Crippen molar-refractivity contribution < 1.29 is 4.79 Å². The van der Waals surface area contributed by atoms with E-state index in [4.69, 9.17) is 0 Å². The zero-order valence-corrected chi connectivity index (χ0v) is 10.2. The van der Waals surface area contributed by atoms with Crippen LogP contribution in [0.5, 0.6) is 0 Å². The van der Waals surface area contributed by atoms with Gasteiger partial charge in [-0.05, 0) is 24.6 Å². The van der Waals surface area contributed by atoms with Gasteiger partial charge in [-0.3, -0.25) is 4.79 Å². The number of nitrogens with one attached hydrogen (secondary N) is 1. The van der Waals surface area contributed by atoms with Crippen molar-refractivity contribution in [3.63, 3.8) is 0 Å². The summed E-state index contributed by atoms with van der Waals surface area (Å²) in [5.41, 5.74) is 2.79. The fraction of sp³-hybridized carbons (Fsp3) is 0.385. The second-order valence-corrected chi connectivity index (χ2v) is 4.21. The van der Waals surface area contributed by atoms with Gasteiger partial charge in [-0.25, -0.2) is 4.98 Å². The van der Waals surface area contributed by atoms with Crippen LogP contribution in [0, 0.1) is 0 Å². The molecule has 0 spiro atoms. The van der Waals surface area contributed by atoms with Crippen molar-refractivity contribution in [1.82, 2.24) is 9.55 Å². The molecule has 0 aliphatic heterocycles. The zero-order chi connectivity index (χ0) is 12.3. The molecule has 90 valence electrons. The molecule has 1 amide bonds. The predicted molar refractivity (Wildman–Crippen MR) is 68.9 cm³/mol. The molecular weight excluding hydrogens is 214 g/mol. The molecule has 0 bridgehead atoms. The van der Waals surface area contributed by atoms with Crippen LogP contribution in [0.2, 0.25) is 0 Å². The van der Waals surface area contributed by atoms with E-state index in [-0.39, 0.29) is 5.91 Å². The highest BCUT2D eigenvalue weighted by Gasteiger charge is 2.04. The maximum Gasteiger partial charge on any atom is 0.224 e. The second kappa shape index (κ2) is 4.99. The van der Waals surface area contributed by atoms with Gasteiger partial charge in [-0.15, -0.1) is 0 Å². The van der Waals surface area contributed by atoms with Crippen molar-refractivity contribution in [2.45, 2.75) is 26.2 Å². The number of benzene rings is 1. The number of hydrogen-bond donors (Lipinski definition) is 1. The Morgan fingerprint density at radius 3 is 3.06 bits per heavy atom. The summed E-state index contributed by atoms with van der Waals surface area (Å²) in [7, 11) is 1.95. The van der Waals surface area contributed by atoms with Crippen LogP contribution < -0.4 is 5.32 Å². The van der Waals surface area contributed by atoms with E-state index in [0.29, 0.717) is 6.42 Å². The summed E-state index contributed by atoms with van der Waals surface area (Å²) < 4.78 is 1.96. The highest BCUT2D eigenvalue weighted by molar-refractivity contribution is 5.93. The Labute approximate surface area is 101 Å². The lowest BCUT2D eigenvalue weighted by atomic mass is 10.2. The second-order valence-electron chi connectivity index (χ2n) is 4.21. The first-order valence-corrected chi connectivity index (χ1v) is 5.91. The summed E-state index contributed by atoms with van der Waals surface area (Å²) in [5, 5.41) is 2.89. The van der Waals surface area contributed by atoms with Gasteiger partial charge in [0.05, 0.1) is 17.4 Å². The van der Waals surface area contributed by atoms with Crippen LogP contribution in [0.15, 0.2) is 24.5 Å². The van der Waals surface area contributed by atoms with Gasteiger partial charge in [0.2, 0.25) is 5.91 Å². The SMILES string of the molecule is CCCCC(=O)Nc1ccc2c(c1)ncn2C. The first kappa shape index (κ1) is 11.6. The number of rotatable bonds is 4. The lowest BCUT2D eigenvalue weighted by Crippen LogP contribution is -2.10. The topological polar surface area (TPSA) is 46.9 Å². The molecule has 0 saturated heterocycles. The van der Waals surface area contributed by atoms with Crippen molar-refractivity contribution in [2.75, 3.05) is 5.32 Å². The third-order valence-corrected chi connectivity index (χ3v) is 2.77. The standard InChI is InChI=1S/C13H17N3O/c1-3-4-5-13(17)15-10-6-7-12-11(8-10)14-9-16(12)2/h6-9H,3-5H2,1-2H3,(H,15,17). The molecule has 2 rings (SSSR count). The van der Waals surface area contributed by atoms with E-state index >= 15 is 0 Å². The number of fused-ring (bicyclic) bond motifs is 1. The number of carbonyl (C=O) groups excluding carboxylic acids is 1. The Morgan fingerprint density at radius 2 is 2.29 bits per heavy atom. The van der Waals surface area contributed by atoms with Crippen LogP contribution in [-0.2, 0) is 11.8 Å². The largest absolute Gasteiger partial charge is 0.334 e. The molecule has 1 N–H and O–H groups in total. The summed E-state index contributed by atoms with van der Waals surface area (Å²) in [6.45, 7) is 2.08. The van der Waals surface area contributed by atoms with Crippen LogP contribution in [0.4, 0.5) is 5.69 Å². The number of hydrogen-bond acceptors (Lipinski definition) is 2. The van der Waals surface area contributed by atoms with Crippen molar-refractivity contribution in [2.24, 2.45) is 7.05 Å². The van der Waals surface area contributed by atoms with E-state index < -0.39 is 0 Å². The smallest absolute Gasteiger partial charge is 0.224 e. The molecule has 4 heteroatoms. The number of aryl methyl sites for hydroxylation is 1. The van der Waals surface area contributed by atoms with Gasteiger partial charge in [-0.2, -0.15) is 0 Å². The van der Waals surface area contributed by atoms with E-state index in [1.807, 2.05) is 29.8 Å². The molecule has 2 aromatic rings. The van der Waals surface area contributed by atoms with Crippen LogP contribution >= 0.6 is 0 Å². The third kappa shape index (κ3) is 2.64. The molecule has 0 radical (unpaired) electrons. The van der Waals surface area contributed by atoms with E-state index in [9.17, 15) is 4.79 Å². The zero-order valence-electron chi connectivity index (χ0n) is 10.2. The fourth-order valence-corrected chi connectivity index (χ4v) is 1.77. The number of imidazole rings is 1. The highest BCUT2D eigenvalue weighted by Crippen LogP contribution is 2.17. The average molecular weight is 231 g/mol. The first-order chi connectivity index (χ1) is 8.20. The summed E-state index contributed by atoms with van der Waals surface area (Å²) >= 11 is 0. The molecule has 0 aliphatic carbocycles. The molecule has 1 aromatic carbocycles. The maximum atomic E-state index is 11.6. The highest BCUT2D eigenvalue weighted by atomic mass is 16.1. The van der Waals surface area contributed by atoms with Crippen molar-refractivity contribution in [1.29, 1.82) is 0 Å². The molecule has 1 aromatic heterocycles. The van der Waals surface area contributed by atoms with Crippen LogP contribution in [-0.4, -0.2) is 15.5 Å². The Balaban J connectivity index is 2.11. The molecule has 0 unspecified atom stereocenters. The fourth-order valence-electron chi connectivity index (χ4n) is 1.77. The van der Waals surface area contributed by atoms with Crippen LogP contribution in [0.25, 0.3) is 11.0 Å². The quantitative estimate of drug-likeness (QED) is 0.879. The molecule has 0 atom stereocenters. The molecule has 17 heavy (non-hydrogen) atoms. The van der Waals surface area contributed by atoms with Crippen LogP contribution in [0.1, 0.15) is 26.2 Å². The molecular formula is C13H17N3O. The van der Waals surface area contributed by atoms with Crippen LogP contribution in [0.3, 0.4) is 0 Å². The van der Waals surface area contributed by atoms with Gasteiger partial charge in [0, 0.05) is 19.2 Å². The minimum absolute atomic E-state index is 0.0714. The van der Waals surface area contributed by atoms with E-state index in [1.54, 1.807) is 6.33 Å². The minimum Gasteiger partial charge on any atom is -0.334 e. The molecule has 1 heterocycles. The van der Waals surface area contributed by atoms with Gasteiger partial charge in [-0.1, -0.05) is 13.3 Å². The lowest BCUT2D eigenvalue weighted by molar-refractivity contribution is -0.116. The predicted octanol–water partition coefficient (Wildman–Crippen LogP) is 2.70. The molecule has 4 nitrogen and oxygen atoms in total. The van der Waals surface area contributed by atoms with Gasteiger partial charge in [0.15, 0.2) is 0 Å². The molecule has 0 aliphatic rings. The van der Waals surface area contributed by atoms with Crippen molar-refractivity contribution in [3.05, 3.63) is 24.5 Å². The number of amides is 1. The van der Waals surface area contributed by atoms with Crippen molar-refractivity contribution >= 4 is 22.6 Å². The summed E-state index contributed by atoms with van der Waals surface area (Å²) in [4.78, 5) is 15.8. The number of anilines is 1. The average Bonchev–Trinajstić information content (AvgIpc) is 2.68. The van der Waals surface area contributed by atoms with Gasteiger partial charge < -0.3 is 9.88 Å². The lowest BCUT2D eigenvalue weighted by Gasteiger charge is -2.04. The third-order valence-electron chi connectivity index (χ3n) is 2.77. The monoisotopic (exact) mass is 231 g/mol. The maximum absolute atomic E-state index is 11.6. The Morgan fingerprint density at radius 1 is 1.47 bits per heavy atom. The van der Waals surface area contributed by atoms with E-state index in [2.05, 4.69) is 17.2 Å². The van der Waals surface area contributed by atoms with Crippen molar-refractivity contribution in [3.8, 4) is 0 Å². The first-order valence-electron chi connectivity index (χ1n) is 5.91. The molecule has 0 fully saturated rings. The summed E-state index contributed by atoms with van der Waals surface area (Å²) in [5.74, 6) is 0.0714.